The average Bonchev–Trinajstić information content (AvgIpc) is 2.26. The standard InChI is InChI=1S/C11H25O6PSi/c1-9(17-19(7,8)11(2,3)4)10(12)16-18(13,14-5)15-6/h9H,1-8H3. The van der Waals surface area contributed by atoms with Gasteiger partial charge in [0, 0.05) is 14.2 Å². The molecule has 0 aromatic carbocycles. The van der Waals surface area contributed by atoms with Crippen molar-refractivity contribution < 1.29 is 27.4 Å². The van der Waals surface area contributed by atoms with Gasteiger partial charge in [-0.05, 0) is 25.1 Å². The van der Waals surface area contributed by atoms with Crippen molar-refractivity contribution in [1.29, 1.82) is 0 Å². The Balaban J connectivity index is 4.74. The third kappa shape index (κ3) is 5.36. The fourth-order valence-corrected chi connectivity index (χ4v) is 3.00. The first-order valence-corrected chi connectivity index (χ1v) is 10.4. The molecule has 0 aromatic rings. The molecule has 0 aliphatic rings. The molecule has 114 valence electrons. The van der Waals surface area contributed by atoms with Crippen LogP contribution in [0.4, 0.5) is 0 Å². The van der Waals surface area contributed by atoms with Crippen molar-refractivity contribution in [3.8, 4) is 0 Å². The van der Waals surface area contributed by atoms with Crippen molar-refractivity contribution in [3.05, 3.63) is 0 Å². The highest BCUT2D eigenvalue weighted by atomic mass is 31.2. The lowest BCUT2D eigenvalue weighted by atomic mass is 10.2. The van der Waals surface area contributed by atoms with Crippen molar-refractivity contribution in [1.82, 2.24) is 0 Å². The Morgan fingerprint density at radius 1 is 1.16 bits per heavy atom. The zero-order chi connectivity index (χ0) is 15.5. The van der Waals surface area contributed by atoms with Crippen molar-refractivity contribution >= 4 is 22.1 Å². The molecule has 0 fully saturated rings. The Morgan fingerprint density at radius 2 is 1.58 bits per heavy atom. The largest absolute Gasteiger partial charge is 0.531 e. The van der Waals surface area contributed by atoms with Gasteiger partial charge in [0.2, 0.25) is 0 Å². The van der Waals surface area contributed by atoms with Crippen LogP contribution in [0.25, 0.3) is 0 Å². The van der Waals surface area contributed by atoms with Crippen LogP contribution in [0.15, 0.2) is 0 Å². The van der Waals surface area contributed by atoms with Crippen molar-refractivity contribution in [2.45, 2.75) is 51.9 Å². The molecule has 0 aliphatic carbocycles. The summed E-state index contributed by atoms with van der Waals surface area (Å²) in [7, 11) is -3.61. The van der Waals surface area contributed by atoms with Gasteiger partial charge < -0.3 is 8.95 Å². The van der Waals surface area contributed by atoms with Gasteiger partial charge in [-0.2, -0.15) is 0 Å². The molecule has 6 nitrogen and oxygen atoms in total. The molecule has 0 aliphatic heterocycles. The summed E-state index contributed by atoms with van der Waals surface area (Å²) in [6, 6.07) is 0. The lowest BCUT2D eigenvalue weighted by Crippen LogP contribution is -2.45. The van der Waals surface area contributed by atoms with Crippen LogP contribution in [0.1, 0.15) is 27.7 Å². The molecule has 8 heteroatoms. The van der Waals surface area contributed by atoms with E-state index < -0.39 is 28.2 Å². The van der Waals surface area contributed by atoms with E-state index in [1.807, 2.05) is 13.1 Å². The number of carbonyl (C=O) groups is 1. The lowest BCUT2D eigenvalue weighted by molar-refractivity contribution is -0.143. The van der Waals surface area contributed by atoms with Gasteiger partial charge in [0.1, 0.15) is 6.10 Å². The predicted octanol–water partition coefficient (Wildman–Crippen LogP) is 3.34. The van der Waals surface area contributed by atoms with Crippen LogP contribution >= 0.6 is 7.82 Å². The molecule has 0 saturated carbocycles. The second-order valence-electron chi connectivity index (χ2n) is 5.74. The summed E-state index contributed by atoms with van der Waals surface area (Å²) >= 11 is 0. The molecule has 1 atom stereocenters. The van der Waals surface area contributed by atoms with Crippen molar-refractivity contribution in [3.63, 3.8) is 0 Å². The SMILES string of the molecule is COP(=O)(OC)OC(=O)C(C)O[Si](C)(C)C(C)(C)C. The van der Waals surface area contributed by atoms with Crippen LogP contribution in [0.5, 0.6) is 0 Å². The zero-order valence-corrected chi connectivity index (χ0v) is 14.9. The van der Waals surface area contributed by atoms with Crippen molar-refractivity contribution in [2.75, 3.05) is 14.2 Å². The minimum atomic E-state index is -3.81. The van der Waals surface area contributed by atoms with E-state index in [2.05, 4.69) is 29.8 Å². The van der Waals surface area contributed by atoms with E-state index in [1.54, 1.807) is 6.92 Å². The van der Waals surface area contributed by atoms with Crippen LogP contribution in [0, 0.1) is 0 Å². The maximum Gasteiger partial charge on any atom is 0.531 e. The Labute approximate surface area is 116 Å². The fraction of sp³-hybridized carbons (Fsp3) is 0.909. The number of phosphoric ester groups is 1. The number of hydrogen-bond acceptors (Lipinski definition) is 6. The number of phosphoric acid groups is 1. The fourth-order valence-electron chi connectivity index (χ4n) is 1.00. The molecular formula is C11H25O6PSi. The van der Waals surface area contributed by atoms with E-state index in [9.17, 15) is 9.36 Å². The van der Waals surface area contributed by atoms with Crippen molar-refractivity contribution in [2.24, 2.45) is 0 Å². The Bertz CT molecular complexity index is 355. The van der Waals surface area contributed by atoms with Gasteiger partial charge in [-0.25, -0.2) is 9.36 Å². The lowest BCUT2D eigenvalue weighted by Gasteiger charge is -2.37. The highest BCUT2D eigenvalue weighted by Gasteiger charge is 2.41. The highest BCUT2D eigenvalue weighted by molar-refractivity contribution is 7.49. The summed E-state index contributed by atoms with van der Waals surface area (Å²) in [4.78, 5) is 11.8. The average molecular weight is 312 g/mol. The molecule has 0 amide bonds. The maximum absolute atomic E-state index is 11.8. The Hall–Kier alpha value is -0.203. The molecule has 0 N–H and O–H groups in total. The summed E-state index contributed by atoms with van der Waals surface area (Å²) in [5.41, 5.74) is 0. The third-order valence-corrected chi connectivity index (χ3v) is 9.11. The topological polar surface area (TPSA) is 71.1 Å². The molecule has 0 radical (unpaired) electrons. The van der Waals surface area contributed by atoms with Gasteiger partial charge in [-0.1, -0.05) is 20.8 Å². The normalized spacial score (nSPS) is 15.2. The van der Waals surface area contributed by atoms with E-state index in [-0.39, 0.29) is 5.04 Å². The smallest absolute Gasteiger partial charge is 0.404 e. The van der Waals surface area contributed by atoms with Gasteiger partial charge >= 0.3 is 13.8 Å². The molecule has 0 saturated heterocycles. The Morgan fingerprint density at radius 3 is 1.89 bits per heavy atom. The monoisotopic (exact) mass is 312 g/mol. The Kier molecular flexibility index (Phi) is 6.43. The third-order valence-electron chi connectivity index (χ3n) is 3.26. The summed E-state index contributed by atoms with van der Waals surface area (Å²) in [5, 5.41) is -0.0340. The first kappa shape index (κ1) is 18.8. The van der Waals surface area contributed by atoms with E-state index in [0.29, 0.717) is 0 Å². The van der Waals surface area contributed by atoms with Crippen LogP contribution in [-0.2, 0) is 27.4 Å². The molecule has 0 bridgehead atoms. The molecule has 0 heterocycles. The van der Waals surface area contributed by atoms with E-state index in [0.717, 1.165) is 14.2 Å². The first-order valence-electron chi connectivity index (χ1n) is 6.01. The summed E-state index contributed by atoms with van der Waals surface area (Å²) < 4.78 is 31.4. The van der Waals surface area contributed by atoms with Crippen LogP contribution < -0.4 is 0 Å². The minimum absolute atomic E-state index is 0.0340. The molecular weight excluding hydrogens is 287 g/mol. The van der Waals surface area contributed by atoms with Gasteiger partial charge in [-0.3, -0.25) is 9.05 Å². The van der Waals surface area contributed by atoms with Crippen LogP contribution in [0.3, 0.4) is 0 Å². The van der Waals surface area contributed by atoms with E-state index in [4.69, 9.17) is 8.95 Å². The first-order chi connectivity index (χ1) is 8.38. The summed E-state index contributed by atoms with van der Waals surface area (Å²) in [5.74, 6) is -0.753. The van der Waals surface area contributed by atoms with E-state index in [1.165, 1.54) is 0 Å². The molecule has 1 unspecified atom stereocenters. The maximum atomic E-state index is 11.8. The number of rotatable bonds is 6. The number of hydrogen-bond donors (Lipinski definition) is 0. The van der Waals surface area contributed by atoms with Crippen LogP contribution in [0.2, 0.25) is 18.1 Å². The number of carbonyl (C=O) groups excluding carboxylic acids is 1. The molecule has 0 spiro atoms. The second-order valence-corrected chi connectivity index (χ2v) is 12.3. The molecule has 19 heavy (non-hydrogen) atoms. The predicted molar refractivity (Wildman–Crippen MR) is 75.5 cm³/mol. The summed E-state index contributed by atoms with van der Waals surface area (Å²) in [6.45, 7) is 11.8. The van der Waals surface area contributed by atoms with Gasteiger partial charge in [0.25, 0.3) is 0 Å². The van der Waals surface area contributed by atoms with E-state index >= 15 is 0 Å². The molecule has 0 rings (SSSR count). The minimum Gasteiger partial charge on any atom is -0.404 e. The quantitative estimate of drug-likeness (QED) is 0.553. The van der Waals surface area contributed by atoms with Gasteiger partial charge in [-0.15, -0.1) is 0 Å². The van der Waals surface area contributed by atoms with Crippen LogP contribution in [-0.4, -0.2) is 34.6 Å². The van der Waals surface area contributed by atoms with Gasteiger partial charge in [0.05, 0.1) is 0 Å². The molecule has 0 aromatic heterocycles. The van der Waals surface area contributed by atoms with Gasteiger partial charge in [0.15, 0.2) is 8.32 Å². The highest BCUT2D eigenvalue weighted by Crippen LogP contribution is 2.48. The second kappa shape index (κ2) is 6.50. The summed E-state index contributed by atoms with van der Waals surface area (Å²) in [6.07, 6.45) is -0.820. The zero-order valence-electron chi connectivity index (χ0n) is 13.0.